The molecular formula is C12H19N3O4S. The van der Waals surface area contributed by atoms with Gasteiger partial charge in [0.15, 0.2) is 0 Å². The summed E-state index contributed by atoms with van der Waals surface area (Å²) in [6.45, 7) is 2.26. The van der Waals surface area contributed by atoms with Gasteiger partial charge < -0.3 is 9.64 Å². The van der Waals surface area contributed by atoms with E-state index in [0.29, 0.717) is 12.3 Å². The predicted octanol–water partition coefficient (Wildman–Crippen LogP) is 0.0782. The monoisotopic (exact) mass is 301 g/mol. The van der Waals surface area contributed by atoms with E-state index in [-0.39, 0.29) is 6.10 Å². The normalized spacial score (nSPS) is 20.2. The van der Waals surface area contributed by atoms with Crippen LogP contribution in [0.15, 0.2) is 12.3 Å². The van der Waals surface area contributed by atoms with Gasteiger partial charge in [-0.3, -0.25) is 4.18 Å². The van der Waals surface area contributed by atoms with Crippen molar-refractivity contribution in [3.63, 3.8) is 0 Å². The summed E-state index contributed by atoms with van der Waals surface area (Å²) < 4.78 is 32.2. The van der Waals surface area contributed by atoms with Gasteiger partial charge in [-0.2, -0.15) is 18.6 Å². The van der Waals surface area contributed by atoms with Crippen LogP contribution in [-0.2, 0) is 20.7 Å². The number of rotatable bonds is 6. The number of ether oxygens (including phenoxy) is 1. The molecule has 1 aliphatic heterocycles. The van der Waals surface area contributed by atoms with Crippen molar-refractivity contribution >= 4 is 10.1 Å². The molecule has 1 fully saturated rings. The summed E-state index contributed by atoms with van der Waals surface area (Å²) in [6.07, 6.45) is 3.89. The lowest BCUT2D eigenvalue weighted by atomic mass is 10.2. The third-order valence-corrected chi connectivity index (χ3v) is 3.76. The molecule has 0 aromatic carbocycles. The van der Waals surface area contributed by atoms with Crippen LogP contribution in [0.5, 0.6) is 5.75 Å². The number of hydrogen-bond acceptors (Lipinski definition) is 7. The fourth-order valence-corrected chi connectivity index (χ4v) is 2.87. The second-order valence-electron chi connectivity index (χ2n) is 4.85. The van der Waals surface area contributed by atoms with Crippen molar-refractivity contribution in [2.75, 3.05) is 33.0 Å². The highest BCUT2D eigenvalue weighted by atomic mass is 32.2. The fourth-order valence-electron chi connectivity index (χ4n) is 2.22. The van der Waals surface area contributed by atoms with Gasteiger partial charge >= 0.3 is 0 Å². The van der Waals surface area contributed by atoms with Gasteiger partial charge in [-0.1, -0.05) is 0 Å². The van der Waals surface area contributed by atoms with Crippen molar-refractivity contribution < 1.29 is 17.3 Å². The van der Waals surface area contributed by atoms with Gasteiger partial charge in [-0.25, -0.2) is 0 Å². The van der Waals surface area contributed by atoms with Gasteiger partial charge in [0.05, 0.1) is 31.4 Å². The third kappa shape index (κ3) is 4.69. The zero-order valence-electron chi connectivity index (χ0n) is 11.7. The second-order valence-corrected chi connectivity index (χ2v) is 6.45. The van der Waals surface area contributed by atoms with Crippen molar-refractivity contribution in [3.05, 3.63) is 18.0 Å². The van der Waals surface area contributed by atoms with E-state index in [1.807, 2.05) is 6.07 Å². The van der Waals surface area contributed by atoms with E-state index >= 15 is 0 Å². The quantitative estimate of drug-likeness (QED) is 0.688. The van der Waals surface area contributed by atoms with Crippen molar-refractivity contribution in [3.8, 4) is 5.75 Å². The standard InChI is InChI=1S/C12H19N3O4S/c1-18-12-7-10(14-13-8-12)3-5-15-6-4-11(9-15)19-20(2,16)17/h7-8,11H,3-6,9H2,1-2H3/t11-/m0/s1. The molecule has 0 aliphatic carbocycles. The highest BCUT2D eigenvalue weighted by Gasteiger charge is 2.25. The molecule has 1 atom stereocenters. The van der Waals surface area contributed by atoms with Crippen molar-refractivity contribution in [2.24, 2.45) is 0 Å². The highest BCUT2D eigenvalue weighted by Crippen LogP contribution is 2.15. The molecule has 1 aliphatic rings. The average molecular weight is 301 g/mol. The number of likely N-dealkylation sites (tertiary alicyclic amines) is 1. The van der Waals surface area contributed by atoms with Crippen LogP contribution in [0.2, 0.25) is 0 Å². The van der Waals surface area contributed by atoms with Crippen molar-refractivity contribution in [2.45, 2.75) is 18.9 Å². The molecule has 1 saturated heterocycles. The molecule has 1 aromatic rings. The molecule has 2 heterocycles. The summed E-state index contributed by atoms with van der Waals surface area (Å²) in [5, 5.41) is 7.91. The summed E-state index contributed by atoms with van der Waals surface area (Å²) in [6, 6.07) is 1.85. The molecule has 0 radical (unpaired) electrons. The topological polar surface area (TPSA) is 81.6 Å². The largest absolute Gasteiger partial charge is 0.495 e. The van der Waals surface area contributed by atoms with Crippen LogP contribution >= 0.6 is 0 Å². The summed E-state index contributed by atoms with van der Waals surface area (Å²) in [7, 11) is -1.78. The first-order valence-corrected chi connectivity index (χ1v) is 8.24. The van der Waals surface area contributed by atoms with E-state index in [4.69, 9.17) is 8.92 Å². The lowest BCUT2D eigenvalue weighted by Crippen LogP contribution is -2.26. The maximum atomic E-state index is 11.1. The second kappa shape index (κ2) is 6.47. The van der Waals surface area contributed by atoms with E-state index in [1.54, 1.807) is 13.3 Å². The SMILES string of the molecule is COc1cnnc(CCN2CC[C@H](OS(C)(=O)=O)C2)c1. The maximum Gasteiger partial charge on any atom is 0.264 e. The lowest BCUT2D eigenvalue weighted by Gasteiger charge is -2.15. The molecule has 0 spiro atoms. The summed E-state index contributed by atoms with van der Waals surface area (Å²) in [4.78, 5) is 2.16. The number of methoxy groups -OCH3 is 1. The first-order chi connectivity index (χ1) is 9.46. The Balaban J connectivity index is 1.80. The number of hydrogen-bond donors (Lipinski definition) is 0. The molecule has 0 amide bonds. The Labute approximate surface area is 119 Å². The van der Waals surface area contributed by atoms with Crippen LogP contribution < -0.4 is 4.74 Å². The maximum absolute atomic E-state index is 11.1. The van der Waals surface area contributed by atoms with E-state index < -0.39 is 10.1 Å². The average Bonchev–Trinajstić information content (AvgIpc) is 2.82. The van der Waals surface area contributed by atoms with Crippen molar-refractivity contribution in [1.29, 1.82) is 0 Å². The van der Waals surface area contributed by atoms with Gasteiger partial charge in [0.2, 0.25) is 0 Å². The van der Waals surface area contributed by atoms with Gasteiger partial charge in [0.1, 0.15) is 5.75 Å². The first-order valence-electron chi connectivity index (χ1n) is 6.42. The highest BCUT2D eigenvalue weighted by molar-refractivity contribution is 7.86. The van der Waals surface area contributed by atoms with Crippen LogP contribution in [0.25, 0.3) is 0 Å². The molecule has 0 N–H and O–H groups in total. The lowest BCUT2D eigenvalue weighted by molar-refractivity contribution is 0.209. The van der Waals surface area contributed by atoms with E-state index in [1.165, 1.54) is 0 Å². The molecule has 112 valence electrons. The minimum atomic E-state index is -3.37. The Bertz CT molecular complexity index is 549. The zero-order valence-corrected chi connectivity index (χ0v) is 12.5. The number of aromatic nitrogens is 2. The minimum absolute atomic E-state index is 0.235. The van der Waals surface area contributed by atoms with Crippen LogP contribution in [-0.4, -0.2) is 62.6 Å². The van der Waals surface area contributed by atoms with Crippen molar-refractivity contribution in [1.82, 2.24) is 15.1 Å². The fraction of sp³-hybridized carbons (Fsp3) is 0.667. The predicted molar refractivity (Wildman–Crippen MR) is 73.1 cm³/mol. The minimum Gasteiger partial charge on any atom is -0.495 e. The Morgan fingerprint density at radius 3 is 3.00 bits per heavy atom. The van der Waals surface area contributed by atoms with E-state index in [9.17, 15) is 8.42 Å². The third-order valence-electron chi connectivity index (χ3n) is 3.14. The smallest absolute Gasteiger partial charge is 0.264 e. The molecule has 2 rings (SSSR count). The van der Waals surface area contributed by atoms with Gasteiger partial charge in [0, 0.05) is 32.1 Å². The van der Waals surface area contributed by atoms with Crippen LogP contribution in [0, 0.1) is 0 Å². The molecule has 8 heteroatoms. The van der Waals surface area contributed by atoms with E-state index in [0.717, 1.165) is 37.9 Å². The Hall–Kier alpha value is -1.25. The Kier molecular flexibility index (Phi) is 4.90. The van der Waals surface area contributed by atoms with Crippen LogP contribution in [0.4, 0.5) is 0 Å². The Morgan fingerprint density at radius 2 is 2.30 bits per heavy atom. The molecule has 7 nitrogen and oxygen atoms in total. The van der Waals surface area contributed by atoms with E-state index in [2.05, 4.69) is 15.1 Å². The molecule has 20 heavy (non-hydrogen) atoms. The van der Waals surface area contributed by atoms with Gasteiger partial charge in [-0.05, 0) is 6.42 Å². The molecular weight excluding hydrogens is 282 g/mol. The Morgan fingerprint density at radius 1 is 1.50 bits per heavy atom. The molecule has 1 aromatic heterocycles. The molecule has 0 unspecified atom stereocenters. The van der Waals surface area contributed by atoms with Gasteiger partial charge in [-0.15, -0.1) is 0 Å². The van der Waals surface area contributed by atoms with Gasteiger partial charge in [0.25, 0.3) is 10.1 Å². The van der Waals surface area contributed by atoms with Crippen LogP contribution in [0.1, 0.15) is 12.1 Å². The number of nitrogens with zero attached hydrogens (tertiary/aromatic N) is 3. The summed E-state index contributed by atoms with van der Waals surface area (Å²) in [5.74, 6) is 0.690. The summed E-state index contributed by atoms with van der Waals surface area (Å²) >= 11 is 0. The van der Waals surface area contributed by atoms with Crippen LogP contribution in [0.3, 0.4) is 0 Å². The first kappa shape index (κ1) is 15.1. The molecule has 0 saturated carbocycles. The summed E-state index contributed by atoms with van der Waals surface area (Å²) in [5.41, 5.74) is 0.858. The zero-order chi connectivity index (χ0) is 14.6. The molecule has 0 bridgehead atoms.